The largest absolute Gasteiger partial charge is 0.483 e. The average Bonchev–Trinajstić information content (AvgIpc) is 3.19. The minimum absolute atomic E-state index is 0.0986. The molecule has 0 fully saturated rings. The summed E-state index contributed by atoms with van der Waals surface area (Å²) in [6.45, 7) is 1.75. The number of halogens is 6. The van der Waals surface area contributed by atoms with E-state index in [9.17, 15) is 22.4 Å². The SMILES string of the molecule is Cc1cc(NC(=O)c2ccc(COc3c(F)c(F)cc(F)c3F)cc2)nn1Cc1c(Cl)cccc1Cl. The van der Waals surface area contributed by atoms with Crippen molar-refractivity contribution in [1.82, 2.24) is 9.78 Å². The molecule has 5 nitrogen and oxygen atoms in total. The van der Waals surface area contributed by atoms with Crippen LogP contribution in [0, 0.1) is 30.2 Å². The maximum atomic E-state index is 13.7. The lowest BCUT2D eigenvalue weighted by molar-refractivity contribution is 0.102. The molecule has 1 aromatic heterocycles. The Hall–Kier alpha value is -3.56. The number of amides is 1. The number of rotatable bonds is 7. The lowest BCUT2D eigenvalue weighted by Gasteiger charge is -2.10. The standard InChI is InChI=1S/C25H17Cl2F4N3O2/c1-13-9-21(33-34(13)11-16-17(26)3-2-4-18(16)27)32-25(35)15-7-5-14(6-8-15)12-36-24-22(30)19(28)10-20(29)23(24)31/h2-10H,11-12H2,1H3,(H,32,33,35). The number of carbonyl (C=O) groups excluding carboxylic acids is 1. The zero-order chi connectivity index (χ0) is 26.0. The van der Waals surface area contributed by atoms with Gasteiger partial charge in [0.25, 0.3) is 5.91 Å². The molecule has 0 spiro atoms. The minimum Gasteiger partial charge on any atom is -0.483 e. The zero-order valence-electron chi connectivity index (χ0n) is 18.6. The number of benzene rings is 3. The molecule has 3 aromatic carbocycles. The van der Waals surface area contributed by atoms with Crippen LogP contribution in [0.4, 0.5) is 23.4 Å². The van der Waals surface area contributed by atoms with Crippen molar-refractivity contribution in [2.75, 3.05) is 5.32 Å². The monoisotopic (exact) mass is 537 g/mol. The molecule has 0 bridgehead atoms. The first-order chi connectivity index (χ1) is 17.1. The van der Waals surface area contributed by atoms with Crippen LogP contribution in [0.25, 0.3) is 0 Å². The summed E-state index contributed by atoms with van der Waals surface area (Å²) in [6, 6.07) is 12.8. The highest BCUT2D eigenvalue weighted by molar-refractivity contribution is 6.36. The molecule has 1 amide bonds. The van der Waals surface area contributed by atoms with Crippen LogP contribution in [-0.2, 0) is 13.2 Å². The van der Waals surface area contributed by atoms with Gasteiger partial charge in [0.05, 0.1) is 6.54 Å². The Morgan fingerprint density at radius 2 is 1.58 bits per heavy atom. The summed E-state index contributed by atoms with van der Waals surface area (Å²) >= 11 is 12.5. The normalized spacial score (nSPS) is 11.0. The number of anilines is 1. The number of hydrogen-bond donors (Lipinski definition) is 1. The van der Waals surface area contributed by atoms with Gasteiger partial charge in [-0.2, -0.15) is 13.9 Å². The Kier molecular flexibility index (Phi) is 7.51. The molecular weight excluding hydrogens is 521 g/mol. The van der Waals surface area contributed by atoms with Crippen molar-refractivity contribution in [1.29, 1.82) is 0 Å². The summed E-state index contributed by atoms with van der Waals surface area (Å²) in [6.07, 6.45) is 0. The van der Waals surface area contributed by atoms with Crippen LogP contribution in [0.1, 0.15) is 27.2 Å². The third-order valence-corrected chi connectivity index (χ3v) is 5.97. The van der Waals surface area contributed by atoms with Crippen molar-refractivity contribution < 1.29 is 27.1 Å². The topological polar surface area (TPSA) is 56.1 Å². The average molecular weight is 538 g/mol. The molecule has 0 atom stereocenters. The van der Waals surface area contributed by atoms with E-state index in [2.05, 4.69) is 10.4 Å². The number of hydrogen-bond acceptors (Lipinski definition) is 3. The lowest BCUT2D eigenvalue weighted by Crippen LogP contribution is -2.13. The van der Waals surface area contributed by atoms with Crippen molar-refractivity contribution in [3.8, 4) is 5.75 Å². The van der Waals surface area contributed by atoms with Crippen LogP contribution in [-0.4, -0.2) is 15.7 Å². The van der Waals surface area contributed by atoms with E-state index in [-0.39, 0.29) is 18.2 Å². The Balaban J connectivity index is 1.41. The number of ether oxygens (including phenoxy) is 1. The maximum absolute atomic E-state index is 13.7. The Labute approximate surface area is 213 Å². The second-order valence-electron chi connectivity index (χ2n) is 7.77. The first kappa shape index (κ1) is 25.5. The maximum Gasteiger partial charge on any atom is 0.256 e. The van der Waals surface area contributed by atoms with Crippen molar-refractivity contribution in [3.63, 3.8) is 0 Å². The molecule has 11 heteroatoms. The predicted molar refractivity (Wildman–Crippen MR) is 128 cm³/mol. The Morgan fingerprint density at radius 3 is 2.19 bits per heavy atom. The number of nitrogens with one attached hydrogen (secondary N) is 1. The summed E-state index contributed by atoms with van der Waals surface area (Å²) < 4.78 is 60.7. The number of carbonyl (C=O) groups is 1. The quantitative estimate of drug-likeness (QED) is 0.205. The van der Waals surface area contributed by atoms with Gasteiger partial charge in [-0.3, -0.25) is 9.48 Å². The van der Waals surface area contributed by atoms with E-state index >= 15 is 0 Å². The van der Waals surface area contributed by atoms with Crippen molar-refractivity contribution in [2.45, 2.75) is 20.1 Å². The van der Waals surface area contributed by atoms with E-state index in [1.807, 2.05) is 6.92 Å². The molecule has 1 N–H and O–H groups in total. The second-order valence-corrected chi connectivity index (χ2v) is 8.58. The van der Waals surface area contributed by atoms with Crippen LogP contribution in [0.2, 0.25) is 10.0 Å². The van der Waals surface area contributed by atoms with E-state index in [4.69, 9.17) is 27.9 Å². The highest BCUT2D eigenvalue weighted by atomic mass is 35.5. The van der Waals surface area contributed by atoms with Gasteiger partial charge in [-0.1, -0.05) is 41.4 Å². The lowest BCUT2D eigenvalue weighted by atomic mass is 10.1. The van der Waals surface area contributed by atoms with Gasteiger partial charge >= 0.3 is 0 Å². The van der Waals surface area contributed by atoms with Gasteiger partial charge in [-0.15, -0.1) is 0 Å². The van der Waals surface area contributed by atoms with E-state index in [0.29, 0.717) is 33.5 Å². The fourth-order valence-corrected chi connectivity index (χ4v) is 3.86. The van der Waals surface area contributed by atoms with Gasteiger partial charge in [-0.05, 0) is 36.8 Å². The van der Waals surface area contributed by atoms with Crippen LogP contribution in [0.5, 0.6) is 5.75 Å². The molecule has 36 heavy (non-hydrogen) atoms. The molecule has 0 aliphatic heterocycles. The molecular formula is C25H17Cl2F4N3O2. The first-order valence-electron chi connectivity index (χ1n) is 10.5. The molecule has 4 rings (SSSR count). The summed E-state index contributed by atoms with van der Waals surface area (Å²) in [5, 5.41) is 8.07. The Morgan fingerprint density at radius 1 is 0.972 bits per heavy atom. The fraction of sp³-hybridized carbons (Fsp3) is 0.120. The van der Waals surface area contributed by atoms with Crippen molar-refractivity contribution in [2.24, 2.45) is 0 Å². The van der Waals surface area contributed by atoms with Crippen LogP contribution in [0.15, 0.2) is 54.6 Å². The molecule has 0 radical (unpaired) electrons. The Bertz CT molecular complexity index is 1400. The van der Waals surface area contributed by atoms with E-state index in [1.54, 1.807) is 28.9 Å². The summed E-state index contributed by atoms with van der Waals surface area (Å²) in [4.78, 5) is 12.6. The van der Waals surface area contributed by atoms with Crippen LogP contribution >= 0.6 is 23.2 Å². The van der Waals surface area contributed by atoms with E-state index in [1.165, 1.54) is 24.3 Å². The van der Waals surface area contributed by atoms with Gasteiger partial charge in [0.2, 0.25) is 11.6 Å². The smallest absolute Gasteiger partial charge is 0.256 e. The number of aromatic nitrogens is 2. The van der Waals surface area contributed by atoms with Gasteiger partial charge in [0.1, 0.15) is 6.61 Å². The number of aryl methyl sites for hydroxylation is 1. The number of nitrogens with zero attached hydrogens (tertiary/aromatic N) is 2. The fourth-order valence-electron chi connectivity index (χ4n) is 3.34. The third-order valence-electron chi connectivity index (χ3n) is 5.26. The molecule has 0 saturated carbocycles. The summed E-state index contributed by atoms with van der Waals surface area (Å²) in [5.41, 5.74) is 2.14. The minimum atomic E-state index is -1.63. The molecule has 186 valence electrons. The first-order valence-corrected chi connectivity index (χ1v) is 11.2. The van der Waals surface area contributed by atoms with Crippen molar-refractivity contribution >= 4 is 34.9 Å². The highest BCUT2D eigenvalue weighted by Gasteiger charge is 2.21. The van der Waals surface area contributed by atoms with Gasteiger partial charge in [0, 0.05) is 39.0 Å². The molecule has 1 heterocycles. The molecule has 0 aliphatic carbocycles. The summed E-state index contributed by atoms with van der Waals surface area (Å²) in [7, 11) is 0. The highest BCUT2D eigenvalue weighted by Crippen LogP contribution is 2.28. The van der Waals surface area contributed by atoms with E-state index < -0.39 is 34.9 Å². The van der Waals surface area contributed by atoms with Crippen molar-refractivity contribution in [3.05, 3.63) is 110 Å². The van der Waals surface area contributed by atoms with Gasteiger partial charge < -0.3 is 10.1 Å². The molecule has 0 unspecified atom stereocenters. The molecule has 0 saturated heterocycles. The van der Waals surface area contributed by atoms with Gasteiger partial charge in [-0.25, -0.2) is 8.78 Å². The van der Waals surface area contributed by atoms with Crippen LogP contribution < -0.4 is 10.1 Å². The van der Waals surface area contributed by atoms with Gasteiger partial charge in [0.15, 0.2) is 23.2 Å². The molecule has 0 aliphatic rings. The second kappa shape index (κ2) is 10.6. The predicted octanol–water partition coefficient (Wildman–Crippen LogP) is 6.93. The third kappa shape index (κ3) is 5.47. The summed E-state index contributed by atoms with van der Waals surface area (Å²) in [5.74, 6) is -7.68. The van der Waals surface area contributed by atoms with E-state index in [0.717, 1.165) is 5.69 Å². The van der Waals surface area contributed by atoms with Crippen LogP contribution in [0.3, 0.4) is 0 Å². The zero-order valence-corrected chi connectivity index (χ0v) is 20.1. The molecule has 4 aromatic rings.